The van der Waals surface area contributed by atoms with Crippen LogP contribution in [0.4, 0.5) is 28.4 Å². The Hall–Kier alpha value is -4.76. The van der Waals surface area contributed by atoms with E-state index in [1.807, 2.05) is 6.07 Å². The van der Waals surface area contributed by atoms with Crippen LogP contribution in [0.2, 0.25) is 0 Å². The van der Waals surface area contributed by atoms with Gasteiger partial charge in [-0.05, 0) is 89.2 Å². The fourth-order valence-corrected chi connectivity index (χ4v) is 6.57. The molecule has 6 aromatic carbocycles. The molecule has 0 unspecified atom stereocenters. The quantitative estimate of drug-likeness (QED) is 0.114. The van der Waals surface area contributed by atoms with Gasteiger partial charge in [-0.3, -0.25) is 0 Å². The number of nitrogen functional groups attached to an aromatic ring is 1. The molecule has 3 nitrogen and oxygen atoms in total. The molecular formula is C39H37N3. The van der Waals surface area contributed by atoms with Gasteiger partial charge in [0.05, 0.1) is 11.4 Å². The van der Waals surface area contributed by atoms with Gasteiger partial charge < -0.3 is 16.4 Å². The van der Waals surface area contributed by atoms with Crippen LogP contribution in [0.3, 0.4) is 0 Å². The summed E-state index contributed by atoms with van der Waals surface area (Å²) in [7, 11) is 0. The average Bonchev–Trinajstić information content (AvgIpc) is 3.20. The molecule has 0 saturated heterocycles. The van der Waals surface area contributed by atoms with Gasteiger partial charge in [0.25, 0.3) is 0 Å². The number of hydrogen-bond donors (Lipinski definition) is 3. The molecule has 4 N–H and O–H groups in total. The lowest BCUT2D eigenvalue weighted by Crippen LogP contribution is -2.15. The van der Waals surface area contributed by atoms with E-state index in [0.29, 0.717) is 5.92 Å². The van der Waals surface area contributed by atoms with E-state index in [4.69, 9.17) is 5.73 Å². The molecule has 7 rings (SSSR count). The zero-order valence-electron chi connectivity index (χ0n) is 25.0. The summed E-state index contributed by atoms with van der Waals surface area (Å²) < 4.78 is 0. The number of benzene rings is 6. The molecule has 0 aromatic heterocycles. The maximum atomic E-state index is 6.29. The maximum absolute atomic E-state index is 6.29. The van der Waals surface area contributed by atoms with Gasteiger partial charge in [-0.2, -0.15) is 0 Å². The van der Waals surface area contributed by atoms with Crippen molar-refractivity contribution in [2.45, 2.75) is 46.0 Å². The van der Waals surface area contributed by atoms with Crippen LogP contribution in [0.25, 0.3) is 32.7 Å². The number of nitrogens with two attached hydrogens (primary N) is 1. The molecule has 0 heterocycles. The molecule has 0 spiro atoms. The van der Waals surface area contributed by atoms with Crippen LogP contribution in [0.1, 0.15) is 55.9 Å². The van der Waals surface area contributed by atoms with Crippen molar-refractivity contribution in [3.63, 3.8) is 0 Å². The van der Waals surface area contributed by atoms with Gasteiger partial charge in [0.1, 0.15) is 0 Å². The van der Waals surface area contributed by atoms with Crippen molar-refractivity contribution in [2.75, 3.05) is 16.4 Å². The molecule has 0 fully saturated rings. The van der Waals surface area contributed by atoms with Gasteiger partial charge in [-0.25, -0.2) is 0 Å². The first kappa shape index (κ1) is 26.2. The maximum Gasteiger partial charge on any atom is 0.0545 e. The summed E-state index contributed by atoms with van der Waals surface area (Å²) in [5.74, 6) is 0.494. The van der Waals surface area contributed by atoms with Crippen LogP contribution < -0.4 is 16.4 Å². The van der Waals surface area contributed by atoms with E-state index < -0.39 is 0 Å². The third-order valence-electron chi connectivity index (χ3n) is 9.01. The topological polar surface area (TPSA) is 50.1 Å². The van der Waals surface area contributed by atoms with Crippen molar-refractivity contribution >= 4 is 50.0 Å². The third-order valence-corrected chi connectivity index (χ3v) is 9.01. The number of anilines is 5. The predicted molar refractivity (Wildman–Crippen MR) is 182 cm³/mol. The Kier molecular flexibility index (Phi) is 6.02. The second-order valence-corrected chi connectivity index (χ2v) is 12.6. The number of aryl methyl sites for hydroxylation is 1. The zero-order chi connectivity index (χ0) is 29.2. The molecule has 0 bridgehead atoms. The minimum atomic E-state index is -0.166. The molecular weight excluding hydrogens is 510 g/mol. The molecule has 0 aliphatic heterocycles. The van der Waals surface area contributed by atoms with E-state index in [-0.39, 0.29) is 5.41 Å². The fraction of sp³-hybridized carbons (Fsp3) is 0.179. The van der Waals surface area contributed by atoms with E-state index in [0.717, 1.165) is 28.4 Å². The average molecular weight is 548 g/mol. The van der Waals surface area contributed by atoms with Crippen LogP contribution in [0, 0.1) is 6.92 Å². The number of rotatable bonds is 5. The normalized spacial score (nSPS) is 13.4. The monoisotopic (exact) mass is 547 g/mol. The lowest BCUT2D eigenvalue weighted by Gasteiger charge is -2.24. The highest BCUT2D eigenvalue weighted by molar-refractivity contribution is 6.22. The van der Waals surface area contributed by atoms with Gasteiger partial charge >= 0.3 is 0 Å². The van der Waals surface area contributed by atoms with Gasteiger partial charge in [0, 0.05) is 44.0 Å². The molecule has 1 aliphatic carbocycles. The first-order valence-electron chi connectivity index (χ1n) is 14.8. The van der Waals surface area contributed by atoms with E-state index in [1.165, 1.54) is 54.9 Å². The van der Waals surface area contributed by atoms with Crippen molar-refractivity contribution in [1.29, 1.82) is 0 Å². The SMILES string of the molecule is Cc1ccc(Nc2c3ccccc3c(Nc3ccc(C(C)C)cc3)c3cc4c(cc23)-c2ccc(N)cc2C4(C)C)cc1. The number of nitrogens with one attached hydrogen (secondary N) is 2. The minimum Gasteiger partial charge on any atom is -0.399 e. The molecule has 1 aliphatic rings. The Morgan fingerprint density at radius 2 is 1.14 bits per heavy atom. The summed E-state index contributed by atoms with van der Waals surface area (Å²) in [6.45, 7) is 11.2. The molecule has 3 heteroatoms. The van der Waals surface area contributed by atoms with Crippen molar-refractivity contribution in [3.8, 4) is 11.1 Å². The summed E-state index contributed by atoms with van der Waals surface area (Å²) in [5, 5.41) is 12.4. The van der Waals surface area contributed by atoms with Crippen LogP contribution >= 0.6 is 0 Å². The molecule has 0 saturated carbocycles. The molecule has 0 radical (unpaired) electrons. The minimum absolute atomic E-state index is 0.166. The number of hydrogen-bond acceptors (Lipinski definition) is 3. The van der Waals surface area contributed by atoms with Gasteiger partial charge in [0.2, 0.25) is 0 Å². The highest BCUT2D eigenvalue weighted by atomic mass is 14.9. The highest BCUT2D eigenvalue weighted by Crippen LogP contribution is 2.53. The van der Waals surface area contributed by atoms with Crippen LogP contribution in [0.15, 0.2) is 103 Å². The van der Waals surface area contributed by atoms with Crippen molar-refractivity contribution in [1.82, 2.24) is 0 Å². The molecule has 0 atom stereocenters. The number of fused-ring (bicyclic) bond motifs is 5. The lowest BCUT2D eigenvalue weighted by molar-refractivity contribution is 0.661. The Balaban J connectivity index is 1.52. The van der Waals surface area contributed by atoms with Crippen LogP contribution in [-0.4, -0.2) is 0 Å². The summed E-state index contributed by atoms with van der Waals surface area (Å²) in [6, 6.07) is 37.4. The Bertz CT molecular complexity index is 1980. The predicted octanol–water partition coefficient (Wildman–Crippen LogP) is 10.8. The zero-order valence-corrected chi connectivity index (χ0v) is 25.0. The molecule has 42 heavy (non-hydrogen) atoms. The smallest absolute Gasteiger partial charge is 0.0545 e. The molecule has 0 amide bonds. The summed E-state index contributed by atoms with van der Waals surface area (Å²) >= 11 is 0. The third kappa shape index (κ3) is 4.19. The van der Waals surface area contributed by atoms with Crippen molar-refractivity contribution < 1.29 is 0 Å². The molecule has 6 aromatic rings. The van der Waals surface area contributed by atoms with Gasteiger partial charge in [0.15, 0.2) is 0 Å². The van der Waals surface area contributed by atoms with E-state index in [2.05, 4.69) is 142 Å². The largest absolute Gasteiger partial charge is 0.399 e. The highest BCUT2D eigenvalue weighted by Gasteiger charge is 2.36. The van der Waals surface area contributed by atoms with Gasteiger partial charge in [-0.15, -0.1) is 0 Å². The standard InChI is InChI=1S/C39H37N3/c1-23(2)25-12-17-28(18-13-25)42-38-31-9-7-6-8-30(31)37(41-27-15-10-24(3)11-16-27)33-21-32-29-19-14-26(40)20-35(29)39(4,5)36(32)22-34(33)38/h6-23,41-42H,40H2,1-5H3. The van der Waals surface area contributed by atoms with E-state index in [9.17, 15) is 0 Å². The Morgan fingerprint density at radius 3 is 1.74 bits per heavy atom. The second kappa shape index (κ2) is 9.66. The lowest BCUT2D eigenvalue weighted by atomic mass is 9.81. The van der Waals surface area contributed by atoms with Crippen molar-refractivity contribution in [2.24, 2.45) is 0 Å². The van der Waals surface area contributed by atoms with Crippen LogP contribution in [-0.2, 0) is 5.41 Å². The fourth-order valence-electron chi connectivity index (χ4n) is 6.57. The Labute approximate surface area is 248 Å². The molecule has 208 valence electrons. The van der Waals surface area contributed by atoms with E-state index >= 15 is 0 Å². The van der Waals surface area contributed by atoms with Gasteiger partial charge in [-0.1, -0.05) is 87.9 Å². The van der Waals surface area contributed by atoms with Crippen LogP contribution in [0.5, 0.6) is 0 Å². The first-order valence-corrected chi connectivity index (χ1v) is 14.8. The summed E-state index contributed by atoms with van der Waals surface area (Å²) in [5.41, 5.74) is 19.1. The van der Waals surface area contributed by atoms with E-state index in [1.54, 1.807) is 0 Å². The van der Waals surface area contributed by atoms with Crippen molar-refractivity contribution in [3.05, 3.63) is 125 Å². The summed E-state index contributed by atoms with van der Waals surface area (Å²) in [4.78, 5) is 0. The Morgan fingerprint density at radius 1 is 0.595 bits per heavy atom. The summed E-state index contributed by atoms with van der Waals surface area (Å²) in [6.07, 6.45) is 0. The first-order chi connectivity index (χ1) is 20.2. The second-order valence-electron chi connectivity index (χ2n) is 12.6.